The van der Waals surface area contributed by atoms with E-state index in [0.29, 0.717) is 17.7 Å². The van der Waals surface area contributed by atoms with Gasteiger partial charge < -0.3 is 10.1 Å². The summed E-state index contributed by atoms with van der Waals surface area (Å²) in [5.41, 5.74) is 5.14. The van der Waals surface area contributed by atoms with Crippen LogP contribution >= 0.6 is 0 Å². The van der Waals surface area contributed by atoms with Crippen LogP contribution in [-0.2, 0) is 11.2 Å². The van der Waals surface area contributed by atoms with Crippen LogP contribution in [0.5, 0.6) is 5.75 Å². The van der Waals surface area contributed by atoms with E-state index in [1.807, 2.05) is 32.0 Å². The molecule has 1 amide bonds. The highest BCUT2D eigenvalue weighted by Gasteiger charge is 2.31. The number of carbonyl (C=O) groups excluding carboxylic acids is 2. The first-order valence-electron chi connectivity index (χ1n) is 9.58. The van der Waals surface area contributed by atoms with E-state index in [4.69, 9.17) is 4.74 Å². The smallest absolute Gasteiger partial charge is 0.258 e. The third kappa shape index (κ3) is 4.05. The molecule has 1 aliphatic rings. The summed E-state index contributed by atoms with van der Waals surface area (Å²) < 4.78 is 5.72. The summed E-state index contributed by atoms with van der Waals surface area (Å²) in [5, 5.41) is 2.95. The van der Waals surface area contributed by atoms with E-state index in [1.165, 1.54) is 5.56 Å². The monoisotopic (exact) mass is 365 g/mol. The van der Waals surface area contributed by atoms with Gasteiger partial charge in [-0.15, -0.1) is 0 Å². The number of amides is 1. The van der Waals surface area contributed by atoms with Gasteiger partial charge in [0.2, 0.25) is 0 Å². The lowest BCUT2D eigenvalue weighted by Gasteiger charge is -2.16. The van der Waals surface area contributed by atoms with E-state index in [-0.39, 0.29) is 30.3 Å². The van der Waals surface area contributed by atoms with E-state index in [0.717, 1.165) is 23.1 Å². The summed E-state index contributed by atoms with van der Waals surface area (Å²) in [5.74, 6) is 0.618. The van der Waals surface area contributed by atoms with Crippen LogP contribution in [-0.4, -0.2) is 18.3 Å². The summed E-state index contributed by atoms with van der Waals surface area (Å²) in [6.07, 6.45) is 1.50. The number of benzene rings is 2. The van der Waals surface area contributed by atoms with E-state index < -0.39 is 0 Å². The third-order valence-electron chi connectivity index (χ3n) is 5.31. The molecule has 1 aliphatic carbocycles. The molecule has 4 nitrogen and oxygen atoms in total. The summed E-state index contributed by atoms with van der Waals surface area (Å²) >= 11 is 0. The van der Waals surface area contributed by atoms with Crippen molar-refractivity contribution in [1.29, 1.82) is 0 Å². The zero-order valence-electron chi connectivity index (χ0n) is 16.5. The third-order valence-corrected chi connectivity index (χ3v) is 5.31. The van der Waals surface area contributed by atoms with Gasteiger partial charge in [-0.25, -0.2) is 0 Å². The van der Waals surface area contributed by atoms with Gasteiger partial charge in [0.25, 0.3) is 5.91 Å². The maximum atomic E-state index is 12.3. The fourth-order valence-electron chi connectivity index (χ4n) is 3.78. The highest BCUT2D eigenvalue weighted by Crippen LogP contribution is 2.40. The zero-order valence-corrected chi connectivity index (χ0v) is 16.5. The number of ketones is 1. The van der Waals surface area contributed by atoms with E-state index in [2.05, 4.69) is 31.3 Å². The highest BCUT2D eigenvalue weighted by molar-refractivity contribution is 6.04. The van der Waals surface area contributed by atoms with Crippen molar-refractivity contribution in [2.24, 2.45) is 0 Å². The average molecular weight is 365 g/mol. The Bertz CT molecular complexity index is 855. The van der Waals surface area contributed by atoms with Crippen LogP contribution in [0.25, 0.3) is 0 Å². The lowest BCUT2D eigenvalue weighted by Crippen LogP contribution is -2.31. The number of ether oxygens (including phenoxy) is 1. The Labute approximate surface area is 160 Å². The topological polar surface area (TPSA) is 55.4 Å². The van der Waals surface area contributed by atoms with Crippen LogP contribution in [0.2, 0.25) is 0 Å². The number of hydrogen-bond acceptors (Lipinski definition) is 3. The molecular formula is C23H27NO3. The van der Waals surface area contributed by atoms with Gasteiger partial charge in [-0.05, 0) is 54.5 Å². The molecule has 0 saturated carbocycles. The summed E-state index contributed by atoms with van der Waals surface area (Å²) in [6.45, 7) is 8.03. The van der Waals surface area contributed by atoms with Gasteiger partial charge in [0.1, 0.15) is 5.75 Å². The van der Waals surface area contributed by atoms with E-state index in [9.17, 15) is 9.59 Å². The first-order valence-corrected chi connectivity index (χ1v) is 9.58. The number of fused-ring (bicyclic) bond motifs is 1. The molecule has 0 radical (unpaired) electrons. The Morgan fingerprint density at radius 2 is 1.93 bits per heavy atom. The molecule has 27 heavy (non-hydrogen) atoms. The molecule has 142 valence electrons. The predicted molar refractivity (Wildman–Crippen MR) is 106 cm³/mol. The molecule has 0 heterocycles. The van der Waals surface area contributed by atoms with Gasteiger partial charge in [-0.1, -0.05) is 44.2 Å². The standard InChI is InChI=1S/C23H27NO3/c1-5-17-7-9-18(10-8-17)16(4)24-21(26)13-27-20-11-6-14(2)22-15(3)12-19(25)23(20)22/h6-11,15-16H,5,12-13H2,1-4H3,(H,24,26)/t15-,16-/m0/s1. The summed E-state index contributed by atoms with van der Waals surface area (Å²) in [6, 6.07) is 11.9. The van der Waals surface area contributed by atoms with Crippen LogP contribution < -0.4 is 10.1 Å². The number of carbonyl (C=O) groups is 2. The molecule has 0 fully saturated rings. The minimum absolute atomic E-state index is 0.0981. The Balaban J connectivity index is 1.64. The van der Waals surface area contributed by atoms with Crippen molar-refractivity contribution in [1.82, 2.24) is 5.32 Å². The zero-order chi connectivity index (χ0) is 19.6. The molecule has 0 bridgehead atoms. The molecule has 0 unspecified atom stereocenters. The number of aryl methyl sites for hydroxylation is 2. The highest BCUT2D eigenvalue weighted by atomic mass is 16.5. The Hall–Kier alpha value is -2.62. The molecular weight excluding hydrogens is 338 g/mol. The summed E-state index contributed by atoms with van der Waals surface area (Å²) in [4.78, 5) is 24.6. The lowest BCUT2D eigenvalue weighted by molar-refractivity contribution is -0.123. The number of hydrogen-bond donors (Lipinski definition) is 1. The van der Waals surface area contributed by atoms with Crippen molar-refractivity contribution in [3.8, 4) is 5.75 Å². The molecule has 0 saturated heterocycles. The molecule has 4 heteroatoms. The van der Waals surface area contributed by atoms with Crippen molar-refractivity contribution < 1.29 is 14.3 Å². The quantitative estimate of drug-likeness (QED) is 0.820. The van der Waals surface area contributed by atoms with Crippen molar-refractivity contribution in [2.45, 2.75) is 52.5 Å². The van der Waals surface area contributed by atoms with Crippen LogP contribution in [0.3, 0.4) is 0 Å². The number of nitrogens with one attached hydrogen (secondary N) is 1. The first kappa shape index (κ1) is 19.2. The van der Waals surface area contributed by atoms with Crippen molar-refractivity contribution >= 4 is 11.7 Å². The second kappa shape index (κ2) is 7.95. The minimum atomic E-state index is -0.199. The second-order valence-electron chi connectivity index (χ2n) is 7.37. The van der Waals surface area contributed by atoms with Crippen LogP contribution in [0.15, 0.2) is 36.4 Å². The predicted octanol–water partition coefficient (Wildman–Crippen LogP) is 4.50. The van der Waals surface area contributed by atoms with Gasteiger partial charge in [-0.3, -0.25) is 9.59 Å². The molecule has 0 spiro atoms. The normalized spacial score (nSPS) is 16.7. The number of Topliss-reactive ketones (excluding diaryl/α,β-unsaturated/α-hetero) is 1. The molecule has 2 aromatic carbocycles. The molecule has 2 aromatic rings. The lowest BCUT2D eigenvalue weighted by atomic mass is 9.97. The van der Waals surface area contributed by atoms with Crippen molar-refractivity contribution in [3.05, 3.63) is 64.2 Å². The largest absolute Gasteiger partial charge is 0.483 e. The molecule has 3 rings (SSSR count). The second-order valence-corrected chi connectivity index (χ2v) is 7.37. The minimum Gasteiger partial charge on any atom is -0.483 e. The van der Waals surface area contributed by atoms with Crippen molar-refractivity contribution in [3.63, 3.8) is 0 Å². The maximum Gasteiger partial charge on any atom is 0.258 e. The van der Waals surface area contributed by atoms with Gasteiger partial charge in [0, 0.05) is 6.42 Å². The van der Waals surface area contributed by atoms with Gasteiger partial charge in [-0.2, -0.15) is 0 Å². The molecule has 1 N–H and O–H groups in total. The van der Waals surface area contributed by atoms with Gasteiger partial charge in [0.05, 0.1) is 11.6 Å². The van der Waals surface area contributed by atoms with Crippen LogP contribution in [0.4, 0.5) is 0 Å². The maximum absolute atomic E-state index is 12.3. The SMILES string of the molecule is CCc1ccc([C@H](C)NC(=O)COc2ccc(C)c3c2C(=O)C[C@@H]3C)cc1. The Kier molecular flexibility index (Phi) is 5.64. The fourth-order valence-corrected chi connectivity index (χ4v) is 3.78. The van der Waals surface area contributed by atoms with Gasteiger partial charge >= 0.3 is 0 Å². The Morgan fingerprint density at radius 1 is 1.22 bits per heavy atom. The number of rotatable bonds is 6. The average Bonchev–Trinajstić information content (AvgIpc) is 2.96. The van der Waals surface area contributed by atoms with E-state index in [1.54, 1.807) is 6.07 Å². The first-order chi connectivity index (χ1) is 12.9. The van der Waals surface area contributed by atoms with Crippen LogP contribution in [0, 0.1) is 6.92 Å². The van der Waals surface area contributed by atoms with Gasteiger partial charge in [0.15, 0.2) is 12.4 Å². The fraction of sp³-hybridized carbons (Fsp3) is 0.391. The molecule has 2 atom stereocenters. The molecule has 0 aliphatic heterocycles. The summed E-state index contributed by atoms with van der Waals surface area (Å²) in [7, 11) is 0. The molecule has 0 aromatic heterocycles. The Morgan fingerprint density at radius 3 is 2.59 bits per heavy atom. The van der Waals surface area contributed by atoms with Crippen molar-refractivity contribution in [2.75, 3.05) is 6.61 Å². The van der Waals surface area contributed by atoms with E-state index >= 15 is 0 Å². The van der Waals surface area contributed by atoms with Crippen LogP contribution in [0.1, 0.15) is 71.8 Å².